The molecule has 0 aliphatic rings. The van der Waals surface area contributed by atoms with E-state index in [1.54, 1.807) is 6.07 Å². The first-order chi connectivity index (χ1) is 6.15. The Labute approximate surface area is 95.6 Å². The third-order valence-corrected chi connectivity index (χ3v) is 2.99. The van der Waals surface area contributed by atoms with Crippen LogP contribution in [0.4, 0.5) is 5.69 Å². The molecule has 0 bridgehead atoms. The van der Waals surface area contributed by atoms with E-state index < -0.39 is 0 Å². The molecule has 0 saturated carbocycles. The van der Waals surface area contributed by atoms with E-state index in [-0.39, 0.29) is 11.7 Å². The lowest BCUT2D eigenvalue weighted by Gasteiger charge is -2.05. The van der Waals surface area contributed by atoms with Crippen molar-refractivity contribution in [3.8, 4) is 0 Å². The van der Waals surface area contributed by atoms with Gasteiger partial charge in [-0.15, -0.1) is 11.6 Å². The van der Waals surface area contributed by atoms with Gasteiger partial charge >= 0.3 is 0 Å². The second-order valence-corrected chi connectivity index (χ2v) is 4.09. The number of nitrogens with two attached hydrogens (primary N) is 1. The normalized spacial score (nSPS) is 10.0. The summed E-state index contributed by atoms with van der Waals surface area (Å²) in [7, 11) is 0. The van der Waals surface area contributed by atoms with E-state index >= 15 is 0 Å². The zero-order valence-electron chi connectivity index (χ0n) is 6.89. The number of anilines is 1. The second kappa shape index (κ2) is 4.81. The number of hydrogen-bond acceptors (Lipinski definition) is 2. The third kappa shape index (κ3) is 2.84. The molecule has 0 heterocycles. The quantitative estimate of drug-likeness (QED) is 0.528. The van der Waals surface area contributed by atoms with Crippen molar-refractivity contribution in [3.63, 3.8) is 0 Å². The number of Topliss-reactive ketones (excluding diaryl/α,β-unsaturated/α-hetero) is 1. The van der Waals surface area contributed by atoms with Gasteiger partial charge in [0, 0.05) is 15.7 Å². The summed E-state index contributed by atoms with van der Waals surface area (Å²) in [6.07, 6.45) is 0.328. The number of rotatable bonds is 3. The molecular formula is C9H9ClINO. The van der Waals surface area contributed by atoms with Crippen LogP contribution in [-0.2, 0) is 11.2 Å². The zero-order chi connectivity index (χ0) is 9.84. The van der Waals surface area contributed by atoms with Gasteiger partial charge < -0.3 is 5.73 Å². The van der Waals surface area contributed by atoms with Crippen LogP contribution in [0.25, 0.3) is 0 Å². The average Bonchev–Trinajstić information content (AvgIpc) is 2.11. The lowest BCUT2D eigenvalue weighted by molar-refractivity contribution is -0.116. The molecular weight excluding hydrogens is 300 g/mol. The molecule has 0 atom stereocenters. The zero-order valence-corrected chi connectivity index (χ0v) is 9.80. The van der Waals surface area contributed by atoms with Gasteiger partial charge in [0.05, 0.1) is 5.88 Å². The summed E-state index contributed by atoms with van der Waals surface area (Å²) >= 11 is 7.57. The van der Waals surface area contributed by atoms with Gasteiger partial charge in [0.15, 0.2) is 5.78 Å². The molecule has 70 valence electrons. The highest BCUT2D eigenvalue weighted by atomic mass is 127. The van der Waals surface area contributed by atoms with Crippen LogP contribution in [0.2, 0.25) is 0 Å². The predicted molar refractivity (Wildman–Crippen MR) is 63.0 cm³/mol. The fourth-order valence-corrected chi connectivity index (χ4v) is 1.81. The summed E-state index contributed by atoms with van der Waals surface area (Å²) < 4.78 is 1.01. The van der Waals surface area contributed by atoms with Gasteiger partial charge in [0.1, 0.15) is 0 Å². The lowest BCUT2D eigenvalue weighted by atomic mass is 10.1. The fourth-order valence-electron chi connectivity index (χ4n) is 1.01. The summed E-state index contributed by atoms with van der Waals surface area (Å²) in [4.78, 5) is 11.1. The topological polar surface area (TPSA) is 43.1 Å². The maximum absolute atomic E-state index is 11.1. The van der Waals surface area contributed by atoms with Gasteiger partial charge in [-0.3, -0.25) is 4.79 Å². The Bertz CT molecular complexity index is 307. The van der Waals surface area contributed by atoms with Gasteiger partial charge in [-0.05, 0) is 40.3 Å². The van der Waals surface area contributed by atoms with Crippen molar-refractivity contribution in [3.05, 3.63) is 27.3 Å². The Hall–Kier alpha value is -0.290. The molecule has 2 N–H and O–H groups in total. The molecule has 0 spiro atoms. The first-order valence-electron chi connectivity index (χ1n) is 3.75. The van der Waals surface area contributed by atoms with E-state index in [0.717, 1.165) is 9.13 Å². The Morgan fingerprint density at radius 3 is 2.77 bits per heavy atom. The summed E-state index contributed by atoms with van der Waals surface area (Å²) in [6, 6.07) is 5.58. The van der Waals surface area contributed by atoms with Gasteiger partial charge in [0.25, 0.3) is 0 Å². The molecule has 1 aromatic carbocycles. The van der Waals surface area contributed by atoms with Gasteiger partial charge in [0.2, 0.25) is 0 Å². The number of hydrogen-bond donors (Lipinski definition) is 1. The summed E-state index contributed by atoms with van der Waals surface area (Å²) in [5.41, 5.74) is 7.27. The summed E-state index contributed by atoms with van der Waals surface area (Å²) in [5.74, 6) is 0.0437. The monoisotopic (exact) mass is 309 g/mol. The molecule has 0 unspecified atom stereocenters. The van der Waals surface area contributed by atoms with Crippen LogP contribution in [0, 0.1) is 3.57 Å². The molecule has 0 radical (unpaired) electrons. The van der Waals surface area contributed by atoms with Gasteiger partial charge in [-0.25, -0.2) is 0 Å². The Kier molecular flexibility index (Phi) is 3.99. The van der Waals surface area contributed by atoms with Crippen LogP contribution in [0.5, 0.6) is 0 Å². The minimum absolute atomic E-state index is 0.00233. The van der Waals surface area contributed by atoms with E-state index in [0.29, 0.717) is 12.1 Å². The third-order valence-electron chi connectivity index (χ3n) is 1.68. The van der Waals surface area contributed by atoms with Crippen LogP contribution in [0.15, 0.2) is 18.2 Å². The SMILES string of the molecule is Nc1cccc(I)c1CC(=O)CCl. The van der Waals surface area contributed by atoms with E-state index in [4.69, 9.17) is 17.3 Å². The van der Waals surface area contributed by atoms with Crippen molar-refractivity contribution < 1.29 is 4.79 Å². The first-order valence-corrected chi connectivity index (χ1v) is 5.37. The Morgan fingerprint density at radius 1 is 1.54 bits per heavy atom. The number of alkyl halides is 1. The average molecular weight is 310 g/mol. The second-order valence-electron chi connectivity index (χ2n) is 2.66. The molecule has 0 aliphatic heterocycles. The van der Waals surface area contributed by atoms with Crippen LogP contribution >= 0.6 is 34.2 Å². The van der Waals surface area contributed by atoms with Crippen molar-refractivity contribution in [2.24, 2.45) is 0 Å². The van der Waals surface area contributed by atoms with Crippen molar-refractivity contribution in [2.75, 3.05) is 11.6 Å². The molecule has 13 heavy (non-hydrogen) atoms. The molecule has 4 heteroatoms. The number of carbonyl (C=O) groups is 1. The molecule has 0 aromatic heterocycles. The molecule has 0 amide bonds. The molecule has 2 nitrogen and oxygen atoms in total. The highest BCUT2D eigenvalue weighted by molar-refractivity contribution is 14.1. The van der Waals surface area contributed by atoms with Crippen LogP contribution in [0.1, 0.15) is 5.56 Å². The standard InChI is InChI=1S/C9H9ClINO/c10-5-6(13)4-7-8(11)2-1-3-9(7)12/h1-3H,4-5,12H2. The molecule has 0 aliphatic carbocycles. The molecule has 1 aromatic rings. The van der Waals surface area contributed by atoms with Gasteiger partial charge in [-0.2, -0.15) is 0 Å². The number of ketones is 1. The number of nitrogen functional groups attached to an aromatic ring is 1. The number of halogens is 2. The van der Waals surface area contributed by atoms with Crippen LogP contribution in [-0.4, -0.2) is 11.7 Å². The first kappa shape index (κ1) is 10.8. The Morgan fingerprint density at radius 2 is 2.23 bits per heavy atom. The van der Waals surface area contributed by atoms with Gasteiger partial charge in [-0.1, -0.05) is 6.07 Å². The van der Waals surface area contributed by atoms with Crippen molar-refractivity contribution >= 4 is 45.7 Å². The summed E-state index contributed by atoms with van der Waals surface area (Å²) in [6.45, 7) is 0. The molecule has 1 rings (SSSR count). The minimum atomic E-state index is -0.00233. The highest BCUT2D eigenvalue weighted by Gasteiger charge is 2.08. The lowest BCUT2D eigenvalue weighted by Crippen LogP contribution is -2.07. The summed E-state index contributed by atoms with van der Waals surface area (Å²) in [5, 5.41) is 0. The molecule has 0 saturated heterocycles. The van der Waals surface area contributed by atoms with E-state index in [1.807, 2.05) is 12.1 Å². The van der Waals surface area contributed by atoms with Crippen LogP contribution in [0.3, 0.4) is 0 Å². The maximum Gasteiger partial charge on any atom is 0.152 e. The number of carbonyl (C=O) groups excluding carboxylic acids is 1. The van der Waals surface area contributed by atoms with Crippen molar-refractivity contribution in [2.45, 2.75) is 6.42 Å². The van der Waals surface area contributed by atoms with E-state index in [1.165, 1.54) is 0 Å². The van der Waals surface area contributed by atoms with E-state index in [2.05, 4.69) is 22.6 Å². The van der Waals surface area contributed by atoms with Crippen molar-refractivity contribution in [1.82, 2.24) is 0 Å². The van der Waals surface area contributed by atoms with Crippen LogP contribution < -0.4 is 5.73 Å². The maximum atomic E-state index is 11.1. The largest absolute Gasteiger partial charge is 0.398 e. The smallest absolute Gasteiger partial charge is 0.152 e. The Balaban J connectivity index is 2.93. The number of benzene rings is 1. The fraction of sp³-hybridized carbons (Fsp3) is 0.222. The minimum Gasteiger partial charge on any atom is -0.398 e. The highest BCUT2D eigenvalue weighted by Crippen LogP contribution is 2.19. The molecule has 0 fully saturated rings. The predicted octanol–water partition coefficient (Wildman–Crippen LogP) is 2.22. The van der Waals surface area contributed by atoms with Crippen molar-refractivity contribution in [1.29, 1.82) is 0 Å². The van der Waals surface area contributed by atoms with E-state index in [9.17, 15) is 4.79 Å².